The Morgan fingerprint density at radius 1 is 1.05 bits per heavy atom. The van der Waals surface area contributed by atoms with E-state index in [0.717, 1.165) is 27.8 Å². The van der Waals surface area contributed by atoms with Crippen LogP contribution in [0.2, 0.25) is 10.0 Å². The van der Waals surface area contributed by atoms with Crippen LogP contribution < -0.4 is 24.2 Å². The third-order valence-corrected chi connectivity index (χ3v) is 7.01. The van der Waals surface area contributed by atoms with Gasteiger partial charge in [0.25, 0.3) is 5.91 Å². The maximum absolute atomic E-state index is 13.2. The van der Waals surface area contributed by atoms with Crippen molar-refractivity contribution in [3.8, 4) is 11.1 Å². The molecule has 3 aromatic rings. The Balaban J connectivity index is 0.00000481. The van der Waals surface area contributed by atoms with Gasteiger partial charge in [-0.15, -0.1) is 0 Å². The van der Waals surface area contributed by atoms with Crippen LogP contribution >= 0.6 is 35.0 Å². The number of carbonyl (C=O) groups excluding carboxylic acids is 1. The molecule has 0 heterocycles. The van der Waals surface area contributed by atoms with Crippen molar-refractivity contribution in [2.75, 3.05) is 18.6 Å². The first kappa shape index (κ1) is 31.3. The van der Waals surface area contributed by atoms with Gasteiger partial charge in [0, 0.05) is 15.6 Å². The summed E-state index contributed by atoms with van der Waals surface area (Å²) in [6, 6.07) is 17.8. The van der Waals surface area contributed by atoms with Crippen LogP contribution in [-0.4, -0.2) is 41.6 Å². The first-order chi connectivity index (χ1) is 17.3. The molecule has 2 N–H and O–H groups in total. The molecule has 0 aliphatic carbocycles. The smallest absolute Gasteiger partial charge is 0.480 e. The summed E-state index contributed by atoms with van der Waals surface area (Å²) < 4.78 is 5.90. The molecule has 9 heteroatoms. The molecule has 0 aliphatic rings. The molecular formula is C28H29Cl2LiNO4S+. The molecule has 1 atom stereocenters. The van der Waals surface area contributed by atoms with Gasteiger partial charge in [-0.3, -0.25) is 4.79 Å². The van der Waals surface area contributed by atoms with Crippen LogP contribution in [0.1, 0.15) is 33.5 Å². The Kier molecular flexibility index (Phi) is 13.1. The number of carboxylic acid groups (broad SMARTS) is 1. The molecule has 0 aromatic heterocycles. The Hall–Kier alpha value is -1.91. The maximum Gasteiger partial charge on any atom is 1.00 e. The molecule has 0 radical (unpaired) electrons. The number of ether oxygens (including phenoxy) is 1. The van der Waals surface area contributed by atoms with E-state index in [1.165, 1.54) is 0 Å². The van der Waals surface area contributed by atoms with E-state index in [1.54, 1.807) is 30.0 Å². The molecule has 1 unspecified atom stereocenters. The van der Waals surface area contributed by atoms with E-state index >= 15 is 0 Å². The number of thioether (sulfide) groups is 1. The van der Waals surface area contributed by atoms with Gasteiger partial charge in [0.1, 0.15) is 6.04 Å². The Bertz CT molecular complexity index is 1220. The van der Waals surface area contributed by atoms with Crippen molar-refractivity contribution >= 4 is 46.8 Å². The van der Waals surface area contributed by atoms with Crippen LogP contribution in [0, 0.1) is 6.92 Å². The number of nitrogens with one attached hydrogen (secondary N) is 1. The van der Waals surface area contributed by atoms with Gasteiger partial charge < -0.3 is 15.2 Å². The summed E-state index contributed by atoms with van der Waals surface area (Å²) in [5, 5.41) is 13.4. The number of halogens is 2. The van der Waals surface area contributed by atoms with Gasteiger partial charge in [0.05, 0.1) is 13.2 Å². The quantitative estimate of drug-likeness (QED) is 0.265. The molecule has 0 saturated carbocycles. The molecular weight excluding hydrogens is 524 g/mol. The third-order valence-electron chi connectivity index (χ3n) is 5.78. The molecule has 3 aromatic carbocycles. The summed E-state index contributed by atoms with van der Waals surface area (Å²) in [4.78, 5) is 24.8. The van der Waals surface area contributed by atoms with Crippen molar-refractivity contribution in [3.63, 3.8) is 0 Å². The van der Waals surface area contributed by atoms with Crippen LogP contribution in [-0.2, 0) is 22.6 Å². The molecule has 0 aliphatic heterocycles. The SMILES string of the molecule is CSCCC(NC(=O)c1ccc(COCCc2ccc(Cl)cc2Cl)cc1-c1ccccc1C)C(=O)O.[Li+]. The second-order valence-electron chi connectivity index (χ2n) is 8.38. The summed E-state index contributed by atoms with van der Waals surface area (Å²) in [6.45, 7) is 2.81. The molecule has 0 saturated heterocycles. The van der Waals surface area contributed by atoms with E-state index < -0.39 is 17.9 Å². The molecule has 0 bridgehead atoms. The number of carbonyl (C=O) groups is 2. The van der Waals surface area contributed by atoms with Crippen molar-refractivity contribution < 1.29 is 38.3 Å². The van der Waals surface area contributed by atoms with E-state index in [4.69, 9.17) is 27.9 Å². The Morgan fingerprint density at radius 2 is 1.81 bits per heavy atom. The number of hydrogen-bond donors (Lipinski definition) is 2. The van der Waals surface area contributed by atoms with Crippen LogP contribution in [0.15, 0.2) is 60.7 Å². The average molecular weight is 553 g/mol. The number of carboxylic acids is 1. The van der Waals surface area contributed by atoms with Crippen molar-refractivity contribution in [1.82, 2.24) is 5.32 Å². The average Bonchev–Trinajstić information content (AvgIpc) is 2.85. The molecule has 0 spiro atoms. The molecule has 190 valence electrons. The Labute approximate surface area is 244 Å². The summed E-state index contributed by atoms with van der Waals surface area (Å²) in [7, 11) is 0. The van der Waals surface area contributed by atoms with Gasteiger partial charge in [-0.2, -0.15) is 11.8 Å². The number of hydrogen-bond acceptors (Lipinski definition) is 4. The van der Waals surface area contributed by atoms with Crippen molar-refractivity contribution in [1.29, 1.82) is 0 Å². The third kappa shape index (κ3) is 9.10. The van der Waals surface area contributed by atoms with Gasteiger partial charge in [-0.1, -0.05) is 59.6 Å². The maximum atomic E-state index is 13.2. The predicted molar refractivity (Wildman–Crippen MR) is 148 cm³/mol. The first-order valence-electron chi connectivity index (χ1n) is 11.5. The summed E-state index contributed by atoms with van der Waals surface area (Å²) in [5.74, 6) is -0.813. The number of amides is 1. The summed E-state index contributed by atoms with van der Waals surface area (Å²) in [5.41, 5.74) is 4.96. The minimum Gasteiger partial charge on any atom is -0.480 e. The van der Waals surface area contributed by atoms with E-state index in [0.29, 0.717) is 47.4 Å². The van der Waals surface area contributed by atoms with Gasteiger partial charge in [0.15, 0.2) is 0 Å². The fourth-order valence-corrected chi connectivity index (χ4v) is 4.78. The minimum atomic E-state index is -1.04. The zero-order chi connectivity index (χ0) is 26.1. The molecule has 5 nitrogen and oxygen atoms in total. The van der Waals surface area contributed by atoms with E-state index in [9.17, 15) is 14.7 Å². The number of aliphatic carboxylic acids is 1. The van der Waals surface area contributed by atoms with E-state index in [1.807, 2.05) is 55.6 Å². The van der Waals surface area contributed by atoms with Crippen molar-refractivity contribution in [2.45, 2.75) is 32.4 Å². The topological polar surface area (TPSA) is 75.6 Å². The van der Waals surface area contributed by atoms with Crippen LogP contribution in [0.5, 0.6) is 0 Å². The predicted octanol–water partition coefficient (Wildman–Crippen LogP) is 3.67. The van der Waals surface area contributed by atoms with Gasteiger partial charge in [0.2, 0.25) is 0 Å². The second-order valence-corrected chi connectivity index (χ2v) is 10.2. The van der Waals surface area contributed by atoms with E-state index in [-0.39, 0.29) is 18.9 Å². The van der Waals surface area contributed by atoms with Gasteiger partial charge in [-0.25, -0.2) is 4.79 Å². The normalized spacial score (nSPS) is 11.5. The summed E-state index contributed by atoms with van der Waals surface area (Å²) in [6.07, 6.45) is 2.90. The molecule has 1 amide bonds. The fourth-order valence-electron chi connectivity index (χ4n) is 3.80. The van der Waals surface area contributed by atoms with E-state index in [2.05, 4.69) is 5.32 Å². The molecule has 3 rings (SSSR count). The minimum absolute atomic E-state index is 0. The number of rotatable bonds is 12. The summed E-state index contributed by atoms with van der Waals surface area (Å²) >= 11 is 13.7. The fraction of sp³-hybridized carbons (Fsp3) is 0.286. The van der Waals surface area contributed by atoms with Crippen LogP contribution in [0.3, 0.4) is 0 Å². The largest absolute Gasteiger partial charge is 1.00 e. The van der Waals surface area contributed by atoms with Crippen molar-refractivity contribution in [3.05, 3.63) is 93.0 Å². The molecule has 0 fully saturated rings. The van der Waals surface area contributed by atoms with Gasteiger partial charge in [-0.05, 0) is 83.9 Å². The zero-order valence-electron chi connectivity index (χ0n) is 21.2. The van der Waals surface area contributed by atoms with Gasteiger partial charge >= 0.3 is 24.8 Å². The van der Waals surface area contributed by atoms with Crippen molar-refractivity contribution in [2.24, 2.45) is 0 Å². The number of aryl methyl sites for hydroxylation is 1. The monoisotopic (exact) mass is 552 g/mol. The zero-order valence-corrected chi connectivity index (χ0v) is 23.6. The number of benzene rings is 3. The standard InChI is InChI=1S/C28H29Cl2NO4S.Li/c1-18-5-3-4-6-22(18)24-15-19(17-35-13-11-20-8-9-21(29)16-25(20)30)7-10-23(24)27(32)31-26(28(33)34)12-14-36-2;/h3-10,15-16,26H,11-14,17H2,1-2H3,(H,31,32)(H,33,34);/q;+1. The van der Waals surface area contributed by atoms with Crippen LogP contribution in [0.25, 0.3) is 11.1 Å². The Morgan fingerprint density at radius 3 is 2.49 bits per heavy atom. The first-order valence-corrected chi connectivity index (χ1v) is 13.7. The molecule has 37 heavy (non-hydrogen) atoms. The van der Waals surface area contributed by atoms with Crippen LogP contribution in [0.4, 0.5) is 0 Å². The second kappa shape index (κ2) is 15.5.